The van der Waals surface area contributed by atoms with Gasteiger partial charge in [0.1, 0.15) is 5.52 Å². The molecule has 1 unspecified atom stereocenters. The molecular formula is C25H26N6O2. The third kappa shape index (κ3) is 3.92. The van der Waals surface area contributed by atoms with E-state index in [0.717, 1.165) is 41.8 Å². The van der Waals surface area contributed by atoms with Crippen LogP contribution < -0.4 is 21.8 Å². The number of anilines is 1. The molecule has 1 fully saturated rings. The number of fused-ring (bicyclic) bond motifs is 2. The lowest BCUT2D eigenvalue weighted by atomic mass is 10.1. The molecule has 0 amide bonds. The van der Waals surface area contributed by atoms with Gasteiger partial charge in [-0.1, -0.05) is 24.1 Å². The second-order valence-electron chi connectivity index (χ2n) is 8.46. The molecule has 3 N–H and O–H groups in total. The number of H-pyrrole nitrogens is 1. The quantitative estimate of drug-likeness (QED) is 0.471. The SMILES string of the molecule is CC#CCn1c(N2CCCC(N)C2)nc2ccn(Cc3cc(=O)[nH]c4ccccc34)c(=O)c21. The minimum absolute atomic E-state index is 0.0883. The van der Waals surface area contributed by atoms with Crippen molar-refractivity contribution in [1.82, 2.24) is 19.1 Å². The number of para-hydroxylation sites is 1. The average Bonchev–Trinajstić information content (AvgIpc) is 3.18. The molecule has 1 atom stereocenters. The molecular weight excluding hydrogens is 416 g/mol. The highest BCUT2D eigenvalue weighted by Crippen LogP contribution is 2.24. The standard InChI is InChI=1S/C25H26N6O2/c1-2-3-12-31-23-21(28-25(31)30-11-6-7-18(26)16-30)10-13-29(24(23)33)15-17-14-22(32)27-20-9-5-4-8-19(17)20/h4-5,8-10,13-14,18H,6-7,11-12,15-16,26H2,1H3,(H,27,32). The van der Waals surface area contributed by atoms with Gasteiger partial charge < -0.3 is 20.2 Å². The zero-order valence-corrected chi connectivity index (χ0v) is 18.5. The Morgan fingerprint density at radius 1 is 1.24 bits per heavy atom. The van der Waals surface area contributed by atoms with E-state index in [9.17, 15) is 9.59 Å². The number of hydrogen-bond acceptors (Lipinski definition) is 5. The van der Waals surface area contributed by atoms with Gasteiger partial charge in [-0.05, 0) is 37.5 Å². The maximum Gasteiger partial charge on any atom is 0.277 e. The van der Waals surface area contributed by atoms with Crippen LogP contribution in [0.1, 0.15) is 25.3 Å². The van der Waals surface area contributed by atoms with Crippen LogP contribution in [0.3, 0.4) is 0 Å². The minimum atomic E-state index is -0.190. The number of nitrogens with two attached hydrogens (primary N) is 1. The van der Waals surface area contributed by atoms with Gasteiger partial charge in [-0.2, -0.15) is 0 Å². The lowest BCUT2D eigenvalue weighted by Gasteiger charge is -2.31. The van der Waals surface area contributed by atoms with E-state index in [0.29, 0.717) is 24.1 Å². The predicted octanol–water partition coefficient (Wildman–Crippen LogP) is 2.04. The van der Waals surface area contributed by atoms with Crippen molar-refractivity contribution >= 4 is 27.9 Å². The van der Waals surface area contributed by atoms with E-state index in [1.165, 1.54) is 0 Å². The first kappa shape index (κ1) is 21.0. The maximum absolute atomic E-state index is 13.6. The Kier molecular flexibility index (Phi) is 5.48. The Balaban J connectivity index is 1.64. The second kappa shape index (κ2) is 8.60. The summed E-state index contributed by atoms with van der Waals surface area (Å²) in [6.45, 7) is 4.00. The Morgan fingerprint density at radius 2 is 2.09 bits per heavy atom. The minimum Gasteiger partial charge on any atom is -0.341 e. The fraction of sp³-hybridized carbons (Fsp3) is 0.320. The molecule has 8 nitrogen and oxygen atoms in total. The number of nitrogens with zero attached hydrogens (tertiary/aromatic N) is 4. The lowest BCUT2D eigenvalue weighted by Crippen LogP contribution is -2.44. The van der Waals surface area contributed by atoms with Crippen molar-refractivity contribution in [3.05, 3.63) is 68.9 Å². The molecule has 0 bridgehead atoms. The Bertz CT molecular complexity index is 1520. The van der Waals surface area contributed by atoms with Gasteiger partial charge in [-0.3, -0.25) is 14.2 Å². The summed E-state index contributed by atoms with van der Waals surface area (Å²) in [5, 5.41) is 0.914. The van der Waals surface area contributed by atoms with Crippen LogP contribution in [0.5, 0.6) is 0 Å². The van der Waals surface area contributed by atoms with Gasteiger partial charge in [0.05, 0.1) is 18.6 Å². The largest absolute Gasteiger partial charge is 0.341 e. The second-order valence-corrected chi connectivity index (χ2v) is 8.46. The van der Waals surface area contributed by atoms with E-state index < -0.39 is 0 Å². The first-order valence-electron chi connectivity index (χ1n) is 11.2. The summed E-state index contributed by atoms with van der Waals surface area (Å²) in [5.74, 6) is 6.74. The van der Waals surface area contributed by atoms with Gasteiger partial charge in [0.15, 0.2) is 0 Å². The first-order valence-corrected chi connectivity index (χ1v) is 11.2. The molecule has 1 aliphatic rings. The van der Waals surface area contributed by atoms with Crippen LogP contribution >= 0.6 is 0 Å². The molecule has 4 aromatic rings. The third-order valence-corrected chi connectivity index (χ3v) is 6.18. The van der Waals surface area contributed by atoms with Gasteiger partial charge in [-0.25, -0.2) is 4.98 Å². The highest BCUT2D eigenvalue weighted by atomic mass is 16.1. The summed E-state index contributed by atoms with van der Waals surface area (Å²) >= 11 is 0. The Labute approximate surface area is 190 Å². The van der Waals surface area contributed by atoms with Gasteiger partial charge in [0.2, 0.25) is 11.5 Å². The summed E-state index contributed by atoms with van der Waals surface area (Å²) in [6.07, 6.45) is 3.72. The van der Waals surface area contributed by atoms with Crippen LogP contribution in [-0.4, -0.2) is 38.2 Å². The molecule has 0 saturated carbocycles. The van der Waals surface area contributed by atoms with Crippen molar-refractivity contribution < 1.29 is 0 Å². The molecule has 33 heavy (non-hydrogen) atoms. The zero-order chi connectivity index (χ0) is 22.9. The molecule has 1 saturated heterocycles. The first-order chi connectivity index (χ1) is 16.0. The molecule has 1 aromatic carbocycles. The summed E-state index contributed by atoms with van der Waals surface area (Å²) in [5.41, 5.74) is 8.55. The van der Waals surface area contributed by atoms with E-state index in [-0.39, 0.29) is 23.7 Å². The molecule has 4 heterocycles. The van der Waals surface area contributed by atoms with E-state index in [2.05, 4.69) is 21.7 Å². The summed E-state index contributed by atoms with van der Waals surface area (Å²) < 4.78 is 3.53. The fourth-order valence-corrected chi connectivity index (χ4v) is 4.62. The average molecular weight is 443 g/mol. The molecule has 8 heteroatoms. The number of nitrogens with one attached hydrogen (secondary N) is 1. The number of benzene rings is 1. The van der Waals surface area contributed by atoms with Crippen molar-refractivity contribution in [2.45, 2.75) is 38.9 Å². The third-order valence-electron chi connectivity index (χ3n) is 6.18. The Hall–Kier alpha value is -3.83. The van der Waals surface area contributed by atoms with Crippen LogP contribution in [0.2, 0.25) is 0 Å². The van der Waals surface area contributed by atoms with E-state index >= 15 is 0 Å². The van der Waals surface area contributed by atoms with Gasteiger partial charge in [-0.15, -0.1) is 5.92 Å². The topological polar surface area (TPSA) is 102 Å². The highest BCUT2D eigenvalue weighted by molar-refractivity contribution is 5.82. The maximum atomic E-state index is 13.6. The smallest absolute Gasteiger partial charge is 0.277 e. The van der Waals surface area contributed by atoms with E-state index in [1.807, 2.05) is 34.9 Å². The number of pyridine rings is 2. The van der Waals surface area contributed by atoms with Crippen LogP contribution in [0.4, 0.5) is 5.95 Å². The fourth-order valence-electron chi connectivity index (χ4n) is 4.62. The number of aromatic amines is 1. The van der Waals surface area contributed by atoms with Crippen molar-refractivity contribution in [3.63, 3.8) is 0 Å². The summed E-state index contributed by atoms with van der Waals surface area (Å²) in [7, 11) is 0. The van der Waals surface area contributed by atoms with Crippen molar-refractivity contribution in [1.29, 1.82) is 0 Å². The van der Waals surface area contributed by atoms with Crippen LogP contribution in [0.15, 0.2) is 52.2 Å². The monoisotopic (exact) mass is 442 g/mol. The molecule has 5 rings (SSSR count). The van der Waals surface area contributed by atoms with Crippen LogP contribution in [-0.2, 0) is 13.1 Å². The lowest BCUT2D eigenvalue weighted by molar-refractivity contribution is 0.496. The van der Waals surface area contributed by atoms with E-state index in [4.69, 9.17) is 10.7 Å². The van der Waals surface area contributed by atoms with E-state index in [1.54, 1.807) is 23.8 Å². The van der Waals surface area contributed by atoms with Gasteiger partial charge in [0, 0.05) is 42.3 Å². The molecule has 3 aromatic heterocycles. The number of piperidine rings is 1. The molecule has 0 spiro atoms. The molecule has 168 valence electrons. The van der Waals surface area contributed by atoms with Gasteiger partial charge in [0.25, 0.3) is 5.56 Å². The van der Waals surface area contributed by atoms with Gasteiger partial charge >= 0.3 is 0 Å². The number of hydrogen-bond donors (Lipinski definition) is 2. The molecule has 0 aliphatic carbocycles. The predicted molar refractivity (Wildman–Crippen MR) is 131 cm³/mol. The summed E-state index contributed by atoms with van der Waals surface area (Å²) in [6, 6.07) is 11.1. The molecule has 0 radical (unpaired) electrons. The zero-order valence-electron chi connectivity index (χ0n) is 18.5. The number of imidazole rings is 1. The van der Waals surface area contributed by atoms with Crippen LogP contribution in [0, 0.1) is 11.8 Å². The highest BCUT2D eigenvalue weighted by Gasteiger charge is 2.24. The van der Waals surface area contributed by atoms with Crippen LogP contribution in [0.25, 0.3) is 21.9 Å². The van der Waals surface area contributed by atoms with Crippen molar-refractivity contribution in [2.75, 3.05) is 18.0 Å². The Morgan fingerprint density at radius 3 is 2.91 bits per heavy atom. The number of rotatable bonds is 4. The van der Waals surface area contributed by atoms with Crippen molar-refractivity contribution in [2.24, 2.45) is 5.73 Å². The summed E-state index contributed by atoms with van der Waals surface area (Å²) in [4.78, 5) is 35.6. The normalized spacial score (nSPS) is 16.2. The molecule has 1 aliphatic heterocycles. The van der Waals surface area contributed by atoms with Crippen molar-refractivity contribution in [3.8, 4) is 11.8 Å². The number of aromatic nitrogens is 4.